The highest BCUT2D eigenvalue weighted by atomic mass is 32.2. The summed E-state index contributed by atoms with van der Waals surface area (Å²) in [6.07, 6.45) is 3.14. The minimum absolute atomic E-state index is 0.308. The highest BCUT2D eigenvalue weighted by Crippen LogP contribution is 2.36. The molecule has 7 nitrogen and oxygen atoms in total. The quantitative estimate of drug-likeness (QED) is 0.210. The fraction of sp³-hybridized carbons (Fsp3) is 0.250. The Kier molecular flexibility index (Phi) is 5.73. The number of furan rings is 1. The lowest BCUT2D eigenvalue weighted by atomic mass is 10.1. The molecule has 5 rings (SSSR count). The highest BCUT2D eigenvalue weighted by molar-refractivity contribution is 7.92. The second-order valence-corrected chi connectivity index (χ2v) is 8.51. The number of aliphatic imine (C=N–C) groups is 1. The number of nitrogens with zero attached hydrogens (tertiary/aromatic N) is 3. The van der Waals surface area contributed by atoms with Gasteiger partial charge in [-0.1, -0.05) is 36.9 Å². The zero-order valence-corrected chi connectivity index (χ0v) is 18.5. The van der Waals surface area contributed by atoms with Gasteiger partial charge in [0.2, 0.25) is 0 Å². The number of nitrogens with two attached hydrogens (primary N) is 1. The van der Waals surface area contributed by atoms with Gasteiger partial charge in [0.1, 0.15) is 17.0 Å². The van der Waals surface area contributed by atoms with Crippen LogP contribution in [-0.4, -0.2) is 29.1 Å². The molecule has 164 valence electrons. The number of hydrogen-bond donors (Lipinski definition) is 2. The summed E-state index contributed by atoms with van der Waals surface area (Å²) in [5.74, 6) is 1.80. The molecule has 2 atom stereocenters. The van der Waals surface area contributed by atoms with Gasteiger partial charge in [0, 0.05) is 28.4 Å². The average molecular weight is 448 g/mol. The molecule has 8 heteroatoms. The average Bonchev–Trinajstić information content (AvgIpc) is 3.53. The third-order valence-electron chi connectivity index (χ3n) is 6.07. The maximum Gasteiger partial charge on any atom is 0.157 e. The van der Waals surface area contributed by atoms with Crippen molar-refractivity contribution >= 4 is 52.5 Å². The zero-order chi connectivity index (χ0) is 22.1. The van der Waals surface area contributed by atoms with Crippen LogP contribution in [0.15, 0.2) is 64.5 Å². The number of nitrogens with one attached hydrogen (secondary N) is 1. The second kappa shape index (κ2) is 8.82. The van der Waals surface area contributed by atoms with Crippen molar-refractivity contribution in [2.24, 2.45) is 16.0 Å². The first-order chi connectivity index (χ1) is 15.7. The van der Waals surface area contributed by atoms with E-state index in [0.29, 0.717) is 30.2 Å². The van der Waals surface area contributed by atoms with Gasteiger partial charge in [-0.3, -0.25) is 5.14 Å². The summed E-state index contributed by atoms with van der Waals surface area (Å²) in [7, 11) is 0. The van der Waals surface area contributed by atoms with E-state index in [4.69, 9.17) is 18.8 Å². The standard InChI is InChI=1S/C24H25N5O2S/c1-15(27-17-11-10-16(12-17)14-30-32-25)29-23(26-2)13-21(28-29)20-8-5-7-19-18-6-3-4-9-22(18)31-24(19)20/h3-9,13,16-17,27H,1-2,10-12,14,25H2. The summed E-state index contributed by atoms with van der Waals surface area (Å²) in [4.78, 5) is 4.17. The van der Waals surface area contributed by atoms with E-state index in [0.717, 1.165) is 64.7 Å². The molecular weight excluding hydrogens is 422 g/mol. The molecule has 1 aliphatic rings. The minimum Gasteiger partial charge on any atom is -0.455 e. The molecule has 32 heavy (non-hydrogen) atoms. The van der Waals surface area contributed by atoms with E-state index in [1.54, 1.807) is 4.68 Å². The zero-order valence-electron chi connectivity index (χ0n) is 17.7. The summed E-state index contributed by atoms with van der Waals surface area (Å²) in [6, 6.07) is 16.4. The number of rotatable bonds is 8. The summed E-state index contributed by atoms with van der Waals surface area (Å²) in [5.41, 5.74) is 3.34. The number of hydrogen-bond acceptors (Lipinski definition) is 7. The minimum atomic E-state index is 0.308. The van der Waals surface area contributed by atoms with Gasteiger partial charge in [0.05, 0.1) is 24.5 Å². The van der Waals surface area contributed by atoms with Crippen molar-refractivity contribution in [1.29, 1.82) is 0 Å². The van der Waals surface area contributed by atoms with Crippen LogP contribution in [-0.2, 0) is 4.18 Å². The van der Waals surface area contributed by atoms with Gasteiger partial charge in [-0.25, -0.2) is 4.99 Å². The molecule has 0 bridgehead atoms. The topological polar surface area (TPSA) is 90.6 Å². The first kappa shape index (κ1) is 20.8. The van der Waals surface area contributed by atoms with Gasteiger partial charge in [0.15, 0.2) is 5.82 Å². The van der Waals surface area contributed by atoms with Crippen molar-refractivity contribution in [2.45, 2.75) is 25.3 Å². The van der Waals surface area contributed by atoms with E-state index in [2.05, 4.69) is 35.7 Å². The molecule has 0 radical (unpaired) electrons. The van der Waals surface area contributed by atoms with E-state index in [1.165, 1.54) is 0 Å². The van der Waals surface area contributed by atoms with Crippen molar-refractivity contribution in [3.63, 3.8) is 0 Å². The van der Waals surface area contributed by atoms with Gasteiger partial charge in [-0.2, -0.15) is 9.78 Å². The van der Waals surface area contributed by atoms with Crippen LogP contribution >= 0.6 is 12.2 Å². The summed E-state index contributed by atoms with van der Waals surface area (Å²) in [6.45, 7) is 8.60. The van der Waals surface area contributed by atoms with Gasteiger partial charge in [-0.15, -0.1) is 0 Å². The number of benzene rings is 2. The second-order valence-electron chi connectivity index (χ2n) is 8.09. The molecule has 0 saturated heterocycles. The Morgan fingerprint density at radius 1 is 1.25 bits per heavy atom. The molecule has 0 amide bonds. The lowest BCUT2D eigenvalue weighted by Crippen LogP contribution is -2.27. The Balaban J connectivity index is 1.43. The van der Waals surface area contributed by atoms with E-state index in [9.17, 15) is 0 Å². The van der Waals surface area contributed by atoms with Crippen molar-refractivity contribution in [3.8, 4) is 11.3 Å². The lowest BCUT2D eigenvalue weighted by molar-refractivity contribution is 0.288. The molecule has 2 heterocycles. The maximum absolute atomic E-state index is 6.18. The summed E-state index contributed by atoms with van der Waals surface area (Å²) < 4.78 is 13.2. The van der Waals surface area contributed by atoms with Crippen molar-refractivity contribution < 1.29 is 8.60 Å². The smallest absolute Gasteiger partial charge is 0.157 e. The van der Waals surface area contributed by atoms with E-state index < -0.39 is 0 Å². The first-order valence-corrected chi connectivity index (χ1v) is 11.4. The molecule has 2 aromatic heterocycles. The van der Waals surface area contributed by atoms with Crippen LogP contribution < -0.4 is 10.5 Å². The largest absolute Gasteiger partial charge is 0.455 e. The normalized spacial score (nSPS) is 18.4. The molecule has 2 unspecified atom stereocenters. The van der Waals surface area contributed by atoms with E-state index in [-0.39, 0.29) is 0 Å². The molecule has 2 aromatic carbocycles. The third kappa shape index (κ3) is 3.81. The Morgan fingerprint density at radius 3 is 2.94 bits per heavy atom. The molecular formula is C24H25N5O2S. The van der Waals surface area contributed by atoms with Gasteiger partial charge >= 0.3 is 0 Å². The van der Waals surface area contributed by atoms with Crippen LogP contribution in [0.25, 0.3) is 39.0 Å². The maximum atomic E-state index is 6.18. The van der Waals surface area contributed by atoms with Gasteiger partial charge in [-0.05, 0) is 44.0 Å². The number of fused-ring (bicyclic) bond motifs is 3. The molecule has 0 aliphatic heterocycles. The Bertz CT molecular complexity index is 1290. The molecule has 1 fully saturated rings. The monoisotopic (exact) mass is 447 g/mol. The van der Waals surface area contributed by atoms with Crippen molar-refractivity contribution in [3.05, 3.63) is 55.1 Å². The van der Waals surface area contributed by atoms with Crippen LogP contribution in [0.5, 0.6) is 0 Å². The predicted molar refractivity (Wildman–Crippen MR) is 131 cm³/mol. The molecule has 0 spiro atoms. The summed E-state index contributed by atoms with van der Waals surface area (Å²) >= 11 is 0.929. The van der Waals surface area contributed by atoms with Crippen LogP contribution in [0.1, 0.15) is 19.3 Å². The van der Waals surface area contributed by atoms with Crippen LogP contribution in [0.3, 0.4) is 0 Å². The van der Waals surface area contributed by atoms with Gasteiger partial charge in [0.25, 0.3) is 0 Å². The van der Waals surface area contributed by atoms with E-state index in [1.807, 2.05) is 36.4 Å². The lowest BCUT2D eigenvalue weighted by Gasteiger charge is -2.17. The fourth-order valence-corrected chi connectivity index (χ4v) is 4.82. The van der Waals surface area contributed by atoms with Crippen LogP contribution in [0.4, 0.5) is 5.82 Å². The molecule has 3 N–H and O–H groups in total. The van der Waals surface area contributed by atoms with E-state index >= 15 is 0 Å². The first-order valence-electron chi connectivity index (χ1n) is 10.6. The fourth-order valence-electron chi connectivity index (χ4n) is 4.55. The number of para-hydroxylation sites is 2. The SMILES string of the molecule is C=Nc1cc(-c2cccc3c2oc2ccccc23)nn1C(=C)NC1CCC(COSN)C1. The number of aromatic nitrogens is 2. The van der Waals surface area contributed by atoms with Crippen molar-refractivity contribution in [2.75, 3.05) is 6.61 Å². The molecule has 1 saturated carbocycles. The Hall–Kier alpha value is -3.07. The molecule has 4 aromatic rings. The molecule has 1 aliphatic carbocycles. The third-order valence-corrected chi connectivity index (χ3v) is 6.34. The van der Waals surface area contributed by atoms with Gasteiger partial charge < -0.3 is 13.9 Å². The van der Waals surface area contributed by atoms with Crippen molar-refractivity contribution in [1.82, 2.24) is 15.1 Å². The van der Waals surface area contributed by atoms with Crippen LogP contribution in [0.2, 0.25) is 0 Å². The Labute approximate surface area is 190 Å². The predicted octanol–water partition coefficient (Wildman–Crippen LogP) is 5.51. The summed E-state index contributed by atoms with van der Waals surface area (Å²) in [5, 5.41) is 15.8. The van der Waals surface area contributed by atoms with Crippen LogP contribution in [0, 0.1) is 5.92 Å². The highest BCUT2D eigenvalue weighted by Gasteiger charge is 2.26. The Morgan fingerprint density at radius 2 is 2.09 bits per heavy atom.